The van der Waals surface area contributed by atoms with E-state index in [0.29, 0.717) is 40.0 Å². The Kier molecular flexibility index (Phi) is 23.4. The number of rotatable bonds is 13. The van der Waals surface area contributed by atoms with Gasteiger partial charge in [0.15, 0.2) is 17.4 Å². The number of hydrogen-bond acceptors (Lipinski definition) is 4. The van der Waals surface area contributed by atoms with Crippen molar-refractivity contribution >= 4 is 23.5 Å². The number of ketones is 1. The highest BCUT2D eigenvalue weighted by atomic mass is 35.5. The number of nitrogens with two attached hydrogens (primary N) is 1. The van der Waals surface area contributed by atoms with Crippen LogP contribution in [0.3, 0.4) is 0 Å². The zero-order valence-corrected chi connectivity index (χ0v) is 33.7. The molecule has 0 bridgehead atoms. The third kappa shape index (κ3) is 22.1. The molecule has 1 aromatic heterocycles. The van der Waals surface area contributed by atoms with Crippen molar-refractivity contribution in [2.24, 2.45) is 11.1 Å². The van der Waals surface area contributed by atoms with Crippen LogP contribution in [0.4, 0.5) is 22.0 Å². The molecular formula is C43H59ClF5N3O. The molecule has 0 saturated carbocycles. The summed E-state index contributed by atoms with van der Waals surface area (Å²) in [6, 6.07) is 11.1. The quantitative estimate of drug-likeness (QED) is 0.107. The van der Waals surface area contributed by atoms with E-state index in [1.165, 1.54) is 31.5 Å². The monoisotopic (exact) mass is 763 g/mol. The largest absolute Gasteiger partial charge is 0.433 e. The number of allylic oxidation sites excluding steroid dienone is 2. The van der Waals surface area contributed by atoms with Gasteiger partial charge in [0.2, 0.25) is 0 Å². The Labute approximate surface area is 320 Å². The fourth-order valence-electron chi connectivity index (χ4n) is 4.59. The van der Waals surface area contributed by atoms with Crippen molar-refractivity contribution in [1.82, 2.24) is 9.88 Å². The van der Waals surface area contributed by atoms with Crippen LogP contribution >= 0.6 is 11.6 Å². The molecule has 2 N–H and O–H groups in total. The van der Waals surface area contributed by atoms with Gasteiger partial charge in [-0.15, -0.1) is 6.58 Å². The summed E-state index contributed by atoms with van der Waals surface area (Å²) >= 11 is 5.99. The third-order valence-corrected chi connectivity index (χ3v) is 7.12. The number of pyridine rings is 1. The van der Waals surface area contributed by atoms with E-state index >= 15 is 0 Å². The summed E-state index contributed by atoms with van der Waals surface area (Å²) in [7, 11) is 0. The van der Waals surface area contributed by atoms with Crippen molar-refractivity contribution in [1.29, 1.82) is 0 Å². The molecule has 0 atom stereocenters. The van der Waals surface area contributed by atoms with Crippen LogP contribution in [0.1, 0.15) is 104 Å². The van der Waals surface area contributed by atoms with Gasteiger partial charge in [-0.2, -0.15) is 13.2 Å². The lowest BCUT2D eigenvalue weighted by Gasteiger charge is -2.21. The Morgan fingerprint density at radius 3 is 1.98 bits per heavy atom. The average Bonchev–Trinajstić information content (AvgIpc) is 3.05. The van der Waals surface area contributed by atoms with E-state index < -0.39 is 23.5 Å². The number of carbonyl (C=O) groups is 1. The number of carbonyl (C=O) groups excluding carboxylic acids is 1. The Morgan fingerprint density at radius 1 is 0.925 bits per heavy atom. The predicted octanol–water partition coefficient (Wildman–Crippen LogP) is 12.7. The first-order chi connectivity index (χ1) is 24.7. The molecule has 53 heavy (non-hydrogen) atoms. The van der Waals surface area contributed by atoms with Crippen LogP contribution in [-0.4, -0.2) is 35.3 Å². The topological polar surface area (TPSA) is 59.2 Å². The fourth-order valence-corrected chi connectivity index (χ4v) is 4.76. The summed E-state index contributed by atoms with van der Waals surface area (Å²) in [5.74, 6) is -1.35. The Hall–Kier alpha value is -3.82. The van der Waals surface area contributed by atoms with E-state index in [1.54, 1.807) is 24.3 Å². The molecule has 0 unspecified atom stereocenters. The number of halogens is 6. The lowest BCUT2D eigenvalue weighted by atomic mass is 9.99. The second-order valence-corrected chi connectivity index (χ2v) is 14.7. The van der Waals surface area contributed by atoms with E-state index in [1.807, 2.05) is 39.0 Å². The average molecular weight is 764 g/mol. The van der Waals surface area contributed by atoms with Crippen molar-refractivity contribution in [2.75, 3.05) is 19.6 Å². The Bertz CT molecular complexity index is 1580. The molecule has 0 saturated heterocycles. The summed E-state index contributed by atoms with van der Waals surface area (Å²) < 4.78 is 65.3. The second-order valence-electron chi connectivity index (χ2n) is 14.2. The minimum atomic E-state index is -4.43. The first kappa shape index (κ1) is 49.2. The predicted molar refractivity (Wildman–Crippen MR) is 214 cm³/mol. The molecule has 1 heterocycles. The summed E-state index contributed by atoms with van der Waals surface area (Å²) in [6.45, 7) is 24.8. The van der Waals surface area contributed by atoms with Crippen molar-refractivity contribution in [3.63, 3.8) is 0 Å². The minimum absolute atomic E-state index is 0.0162. The van der Waals surface area contributed by atoms with Gasteiger partial charge in [0.1, 0.15) is 5.69 Å². The van der Waals surface area contributed by atoms with E-state index in [2.05, 4.69) is 51.1 Å². The maximum Gasteiger partial charge on any atom is 0.433 e. The number of aryl methyl sites for hydroxylation is 2. The van der Waals surface area contributed by atoms with Gasteiger partial charge >= 0.3 is 6.18 Å². The van der Waals surface area contributed by atoms with Gasteiger partial charge in [-0.05, 0) is 124 Å². The lowest BCUT2D eigenvalue weighted by molar-refractivity contribution is -0.141. The van der Waals surface area contributed by atoms with Gasteiger partial charge in [-0.1, -0.05) is 95.1 Å². The van der Waals surface area contributed by atoms with Crippen LogP contribution in [0.25, 0.3) is 17.2 Å². The highest BCUT2D eigenvalue weighted by molar-refractivity contribution is 6.31. The van der Waals surface area contributed by atoms with Crippen molar-refractivity contribution in [3.05, 3.63) is 118 Å². The zero-order valence-electron chi connectivity index (χ0n) is 32.9. The van der Waals surface area contributed by atoms with Crippen LogP contribution in [-0.2, 0) is 23.8 Å². The molecule has 4 nitrogen and oxygen atoms in total. The molecule has 0 fully saturated rings. The Morgan fingerprint density at radius 2 is 1.53 bits per heavy atom. The van der Waals surface area contributed by atoms with Gasteiger partial charge in [0.25, 0.3) is 0 Å². The van der Waals surface area contributed by atoms with Gasteiger partial charge in [-0.3, -0.25) is 9.78 Å². The molecule has 0 aliphatic heterocycles. The van der Waals surface area contributed by atoms with E-state index in [4.69, 9.17) is 17.3 Å². The molecule has 3 aromatic rings. The lowest BCUT2D eigenvalue weighted by Crippen LogP contribution is -2.27. The normalized spacial score (nSPS) is 11.1. The van der Waals surface area contributed by atoms with Gasteiger partial charge < -0.3 is 10.6 Å². The van der Waals surface area contributed by atoms with Crippen molar-refractivity contribution in [3.8, 4) is 11.1 Å². The summed E-state index contributed by atoms with van der Waals surface area (Å²) in [6.07, 6.45) is 7.20. The smallest absolute Gasteiger partial charge is 0.404 e. The minimum Gasteiger partial charge on any atom is -0.404 e. The molecule has 294 valence electrons. The molecule has 0 aliphatic rings. The Balaban J connectivity index is 0.000000797. The number of alkyl halides is 3. The maximum atomic E-state index is 13.9. The van der Waals surface area contributed by atoms with Crippen molar-refractivity contribution in [2.45, 2.75) is 101 Å². The van der Waals surface area contributed by atoms with Crippen LogP contribution in [0.15, 0.2) is 79.2 Å². The SMILES string of the molecule is C=CCCN(CCC)CCCc1ccc(CC)c(F)c1F.CC(=O)/C=C/N.CC(C)(C)C.CC(C)=Cc1ccc(Cl)cc1-c1ccc(C(F)(F)F)nc1. The van der Waals surface area contributed by atoms with Gasteiger partial charge in [-0.25, -0.2) is 8.78 Å². The van der Waals surface area contributed by atoms with Gasteiger partial charge in [0, 0.05) is 23.3 Å². The molecular weight excluding hydrogens is 705 g/mol. The highest BCUT2D eigenvalue weighted by Crippen LogP contribution is 2.32. The summed E-state index contributed by atoms with van der Waals surface area (Å²) in [5.41, 5.74) is 8.69. The molecule has 0 aliphatic carbocycles. The van der Waals surface area contributed by atoms with Crippen LogP contribution in [0, 0.1) is 17.0 Å². The maximum absolute atomic E-state index is 13.9. The van der Waals surface area contributed by atoms with Crippen LogP contribution in [0.5, 0.6) is 0 Å². The summed E-state index contributed by atoms with van der Waals surface area (Å²) in [5, 5.41) is 0.524. The first-order valence-electron chi connectivity index (χ1n) is 17.8. The molecule has 10 heteroatoms. The van der Waals surface area contributed by atoms with E-state index in [-0.39, 0.29) is 5.78 Å². The first-order valence-corrected chi connectivity index (χ1v) is 18.2. The molecule has 0 radical (unpaired) electrons. The van der Waals surface area contributed by atoms with Gasteiger partial charge in [0.05, 0.1) is 0 Å². The van der Waals surface area contributed by atoms with E-state index in [9.17, 15) is 26.7 Å². The number of hydrogen-bond donors (Lipinski definition) is 1. The third-order valence-electron chi connectivity index (χ3n) is 6.89. The van der Waals surface area contributed by atoms with Crippen LogP contribution < -0.4 is 5.73 Å². The summed E-state index contributed by atoms with van der Waals surface area (Å²) in [4.78, 5) is 15.7. The number of benzene rings is 2. The number of nitrogens with zero attached hydrogens (tertiary/aromatic N) is 2. The number of aromatic nitrogens is 1. The highest BCUT2D eigenvalue weighted by Gasteiger charge is 2.32. The molecule has 0 spiro atoms. The van der Waals surface area contributed by atoms with E-state index in [0.717, 1.165) is 61.7 Å². The van der Waals surface area contributed by atoms with Crippen molar-refractivity contribution < 1.29 is 26.7 Å². The zero-order chi connectivity index (χ0) is 40.8. The fraction of sp³-hybridized carbons (Fsp3) is 0.442. The molecule has 2 aromatic carbocycles. The standard InChI is InChI=1S/C18H27F2N.C16H13ClF3N.C5H12.C4H7NO/c1-4-7-13-21(12-5-2)14-8-9-16-11-10-15(6-3)17(19)18(16)20;1-10(2)7-11-3-5-13(17)8-14(11)12-4-6-15(21-9-12)16(18,19)20;1-5(2,3)4;1-4(6)2-3-5/h4,10-11H,1,5-9,12-14H2,2-3H3;3-9H,1-2H3;1-4H3;2-3H,5H2,1H3/b;;;3-2+. The molecule has 0 amide bonds. The van der Waals surface area contributed by atoms with Crippen LogP contribution in [0.2, 0.25) is 5.02 Å². The second kappa shape index (κ2) is 25.2. The molecule has 3 rings (SSSR count).